The predicted octanol–water partition coefficient (Wildman–Crippen LogP) is 5.11. The van der Waals surface area contributed by atoms with E-state index in [9.17, 15) is 0 Å². The molecule has 0 saturated carbocycles. The summed E-state index contributed by atoms with van der Waals surface area (Å²) in [6.45, 7) is 6.93. The van der Waals surface area contributed by atoms with Crippen molar-refractivity contribution in [2.45, 2.75) is 32.0 Å². The zero-order valence-corrected chi connectivity index (χ0v) is 13.5. The summed E-state index contributed by atoms with van der Waals surface area (Å²) in [7, 11) is 0. The Kier molecular flexibility index (Phi) is 4.97. The summed E-state index contributed by atoms with van der Waals surface area (Å²) in [6, 6.07) is 6.19. The number of nitrogens with zero attached hydrogens (tertiary/aromatic N) is 1. The maximum absolute atomic E-state index is 6.38. The molecule has 1 aliphatic heterocycles. The number of halogens is 2. The third kappa shape index (κ3) is 3.03. The zero-order chi connectivity index (χ0) is 13.1. The van der Waals surface area contributed by atoms with Gasteiger partial charge in [-0.05, 0) is 36.3 Å². The van der Waals surface area contributed by atoms with Crippen LogP contribution in [0.3, 0.4) is 0 Å². The summed E-state index contributed by atoms with van der Waals surface area (Å²) < 4.78 is 0. The van der Waals surface area contributed by atoms with Crippen molar-refractivity contribution in [2.75, 3.05) is 18.0 Å². The van der Waals surface area contributed by atoms with Crippen LogP contribution in [0.1, 0.15) is 32.3 Å². The van der Waals surface area contributed by atoms with E-state index in [0.29, 0.717) is 0 Å². The van der Waals surface area contributed by atoms with E-state index in [1.807, 2.05) is 12.1 Å². The van der Waals surface area contributed by atoms with Crippen molar-refractivity contribution in [3.63, 3.8) is 0 Å². The molecule has 0 atom stereocenters. The van der Waals surface area contributed by atoms with Crippen molar-refractivity contribution in [1.29, 1.82) is 0 Å². The molecule has 1 aliphatic rings. The van der Waals surface area contributed by atoms with Crippen molar-refractivity contribution in [3.05, 3.63) is 28.8 Å². The largest absolute Gasteiger partial charge is 0.370 e. The van der Waals surface area contributed by atoms with E-state index in [2.05, 4.69) is 40.7 Å². The van der Waals surface area contributed by atoms with Gasteiger partial charge in [0.1, 0.15) is 0 Å². The summed E-state index contributed by atoms with van der Waals surface area (Å²) in [6.07, 6.45) is 2.56. The number of hydrogen-bond acceptors (Lipinski definition) is 1. The van der Waals surface area contributed by atoms with E-state index in [0.717, 1.165) is 35.3 Å². The van der Waals surface area contributed by atoms with Crippen LogP contribution in [0.4, 0.5) is 5.69 Å². The monoisotopic (exact) mass is 329 g/mol. The lowest BCUT2D eigenvalue weighted by Gasteiger charge is -2.36. The first-order valence-corrected chi connectivity index (χ1v) is 8.21. The summed E-state index contributed by atoms with van der Waals surface area (Å²) in [5.74, 6) is 1.67. The van der Waals surface area contributed by atoms with Crippen LogP contribution in [0.5, 0.6) is 0 Å². The minimum Gasteiger partial charge on any atom is -0.370 e. The maximum Gasteiger partial charge on any atom is 0.0642 e. The van der Waals surface area contributed by atoms with Crippen LogP contribution in [-0.4, -0.2) is 13.1 Å². The first kappa shape index (κ1) is 14.2. The molecule has 0 radical (unpaired) electrons. The van der Waals surface area contributed by atoms with E-state index in [1.54, 1.807) is 0 Å². The summed E-state index contributed by atoms with van der Waals surface area (Å²) >= 11 is 9.94. The lowest BCUT2D eigenvalue weighted by Crippen LogP contribution is -2.35. The summed E-state index contributed by atoms with van der Waals surface area (Å²) in [5.41, 5.74) is 2.53. The molecule has 1 nitrogen and oxygen atoms in total. The van der Waals surface area contributed by atoms with E-state index >= 15 is 0 Å². The Bertz CT molecular complexity index is 397. The van der Waals surface area contributed by atoms with Gasteiger partial charge in [0.25, 0.3) is 0 Å². The first-order chi connectivity index (χ1) is 8.63. The Morgan fingerprint density at radius 1 is 1.33 bits per heavy atom. The van der Waals surface area contributed by atoms with Gasteiger partial charge in [-0.25, -0.2) is 0 Å². The molecule has 2 rings (SSSR count). The van der Waals surface area contributed by atoms with Crippen molar-refractivity contribution in [1.82, 2.24) is 0 Å². The number of rotatable bonds is 3. The molecule has 3 heteroatoms. The molecule has 100 valence electrons. The number of alkyl halides is 1. The molecule has 0 spiro atoms. The van der Waals surface area contributed by atoms with Gasteiger partial charge >= 0.3 is 0 Å². The highest BCUT2D eigenvalue weighted by atomic mass is 79.9. The molecule has 1 fully saturated rings. The molecule has 0 N–H and O–H groups in total. The van der Waals surface area contributed by atoms with Gasteiger partial charge in [-0.1, -0.05) is 53.5 Å². The minimum absolute atomic E-state index is 0.800. The Hall–Kier alpha value is -0.210. The molecule has 0 aromatic heterocycles. The first-order valence-electron chi connectivity index (χ1n) is 6.71. The van der Waals surface area contributed by atoms with Gasteiger partial charge in [0.05, 0.1) is 10.7 Å². The van der Waals surface area contributed by atoms with Crippen molar-refractivity contribution in [2.24, 2.45) is 11.8 Å². The van der Waals surface area contributed by atoms with Crippen LogP contribution in [0, 0.1) is 11.8 Å². The third-order valence-electron chi connectivity index (χ3n) is 4.01. The van der Waals surface area contributed by atoms with Gasteiger partial charge in [0, 0.05) is 18.4 Å². The summed E-state index contributed by atoms with van der Waals surface area (Å²) in [5, 5.41) is 1.75. The van der Waals surface area contributed by atoms with Crippen LogP contribution in [0.15, 0.2) is 18.2 Å². The number of para-hydroxylation sites is 1. The van der Waals surface area contributed by atoms with Crippen LogP contribution in [-0.2, 0) is 5.33 Å². The SMILES string of the molecule is CC(C)C1CCN(c2c(Cl)cccc2CBr)CC1. The Labute approximate surface area is 124 Å². The molecule has 0 aliphatic carbocycles. The van der Waals surface area contributed by atoms with Gasteiger partial charge in [-0.3, -0.25) is 0 Å². The van der Waals surface area contributed by atoms with E-state index in [1.165, 1.54) is 24.1 Å². The molecule has 1 heterocycles. The third-order valence-corrected chi connectivity index (χ3v) is 4.92. The summed E-state index contributed by atoms with van der Waals surface area (Å²) in [4.78, 5) is 2.46. The van der Waals surface area contributed by atoms with Crippen molar-refractivity contribution in [3.8, 4) is 0 Å². The average Bonchev–Trinajstić information content (AvgIpc) is 2.38. The Morgan fingerprint density at radius 3 is 2.56 bits per heavy atom. The lowest BCUT2D eigenvalue weighted by atomic mass is 9.86. The molecular formula is C15H21BrClN. The molecule has 18 heavy (non-hydrogen) atoms. The predicted molar refractivity (Wildman–Crippen MR) is 83.9 cm³/mol. The standard InChI is InChI=1S/C15H21BrClN/c1-11(2)12-6-8-18(9-7-12)15-13(10-16)4-3-5-14(15)17/h3-5,11-12H,6-10H2,1-2H3. The van der Waals surface area contributed by atoms with Crippen molar-refractivity contribution >= 4 is 33.2 Å². The molecule has 0 amide bonds. The topological polar surface area (TPSA) is 3.24 Å². The zero-order valence-electron chi connectivity index (χ0n) is 11.1. The second kappa shape index (κ2) is 6.29. The highest BCUT2D eigenvalue weighted by Crippen LogP contribution is 2.35. The number of benzene rings is 1. The van der Waals surface area contributed by atoms with E-state index in [-0.39, 0.29) is 0 Å². The fourth-order valence-electron chi connectivity index (χ4n) is 2.81. The maximum atomic E-state index is 6.38. The fraction of sp³-hybridized carbons (Fsp3) is 0.600. The van der Waals surface area contributed by atoms with Crippen LogP contribution < -0.4 is 4.90 Å². The van der Waals surface area contributed by atoms with Gasteiger partial charge in [-0.2, -0.15) is 0 Å². The average molecular weight is 331 g/mol. The quantitative estimate of drug-likeness (QED) is 0.696. The minimum atomic E-state index is 0.800. The molecular weight excluding hydrogens is 310 g/mol. The van der Waals surface area contributed by atoms with Gasteiger partial charge in [-0.15, -0.1) is 0 Å². The molecule has 0 unspecified atom stereocenters. The second-order valence-corrected chi connectivity index (χ2v) is 6.42. The Balaban J connectivity index is 2.14. The number of anilines is 1. The lowest BCUT2D eigenvalue weighted by molar-refractivity contribution is 0.311. The fourth-order valence-corrected chi connectivity index (χ4v) is 3.58. The second-order valence-electron chi connectivity index (χ2n) is 5.45. The molecule has 1 saturated heterocycles. The van der Waals surface area contributed by atoms with Crippen LogP contribution >= 0.6 is 27.5 Å². The van der Waals surface area contributed by atoms with Crippen molar-refractivity contribution < 1.29 is 0 Å². The van der Waals surface area contributed by atoms with E-state index < -0.39 is 0 Å². The molecule has 0 bridgehead atoms. The van der Waals surface area contributed by atoms with Gasteiger partial charge in [0.15, 0.2) is 0 Å². The van der Waals surface area contributed by atoms with Gasteiger partial charge in [0.2, 0.25) is 0 Å². The highest BCUT2D eigenvalue weighted by Gasteiger charge is 2.23. The van der Waals surface area contributed by atoms with Crippen LogP contribution in [0.25, 0.3) is 0 Å². The normalized spacial score (nSPS) is 17.5. The highest BCUT2D eigenvalue weighted by molar-refractivity contribution is 9.08. The van der Waals surface area contributed by atoms with Gasteiger partial charge < -0.3 is 4.90 Å². The molecule has 1 aromatic carbocycles. The smallest absolute Gasteiger partial charge is 0.0642 e. The Morgan fingerprint density at radius 2 is 2.00 bits per heavy atom. The number of hydrogen-bond donors (Lipinski definition) is 0. The van der Waals surface area contributed by atoms with E-state index in [4.69, 9.17) is 11.6 Å². The molecule has 1 aromatic rings. The number of piperidine rings is 1. The van der Waals surface area contributed by atoms with Crippen LogP contribution in [0.2, 0.25) is 5.02 Å².